The van der Waals surface area contributed by atoms with Crippen molar-refractivity contribution in [3.8, 4) is 11.8 Å². The summed E-state index contributed by atoms with van der Waals surface area (Å²) in [6.45, 7) is 1.53. The van der Waals surface area contributed by atoms with Crippen LogP contribution in [0.15, 0.2) is 47.4 Å². The SMILES string of the molecule is Cc1c(C(=O)NS(=O)(=O)c2ccccc2Cl)nnn1-c1ccc(C#N)cc1Cl. The van der Waals surface area contributed by atoms with Gasteiger partial charge in [-0.1, -0.05) is 40.5 Å². The van der Waals surface area contributed by atoms with Crippen molar-refractivity contribution in [1.82, 2.24) is 19.7 Å². The third-order valence-electron chi connectivity index (χ3n) is 3.77. The summed E-state index contributed by atoms with van der Waals surface area (Å²) in [5, 5.41) is 16.7. The van der Waals surface area contributed by atoms with Crippen molar-refractivity contribution in [2.24, 2.45) is 0 Å². The summed E-state index contributed by atoms with van der Waals surface area (Å²) >= 11 is 12.1. The van der Waals surface area contributed by atoms with Crippen LogP contribution < -0.4 is 4.72 Å². The number of nitrogens with zero attached hydrogens (tertiary/aromatic N) is 4. The quantitative estimate of drug-likeness (QED) is 0.672. The van der Waals surface area contributed by atoms with E-state index in [4.69, 9.17) is 28.5 Å². The molecule has 0 fully saturated rings. The lowest BCUT2D eigenvalue weighted by Crippen LogP contribution is -2.31. The largest absolute Gasteiger partial charge is 0.287 e. The van der Waals surface area contributed by atoms with E-state index in [-0.39, 0.29) is 26.3 Å². The summed E-state index contributed by atoms with van der Waals surface area (Å²) < 4.78 is 28.1. The molecular weight excluding hydrogens is 425 g/mol. The van der Waals surface area contributed by atoms with Crippen molar-refractivity contribution in [2.45, 2.75) is 11.8 Å². The molecule has 1 aromatic heterocycles. The standard InChI is InChI=1S/C17H11Cl2N5O3S/c1-10-16(17(25)22-28(26,27)15-5-3-2-4-12(15)18)21-23-24(10)14-7-6-11(9-20)8-13(14)19/h2-8H,1H3,(H,22,25). The van der Waals surface area contributed by atoms with E-state index >= 15 is 0 Å². The fourth-order valence-corrected chi connectivity index (χ4v) is 4.14. The van der Waals surface area contributed by atoms with Crippen molar-refractivity contribution in [1.29, 1.82) is 5.26 Å². The molecule has 0 bridgehead atoms. The number of rotatable bonds is 4. The molecular formula is C17H11Cl2N5O3S. The van der Waals surface area contributed by atoms with E-state index in [0.717, 1.165) is 0 Å². The molecule has 0 saturated heterocycles. The highest BCUT2D eigenvalue weighted by molar-refractivity contribution is 7.90. The molecule has 3 aromatic rings. The molecule has 11 heteroatoms. The second-order valence-electron chi connectivity index (χ2n) is 5.58. The van der Waals surface area contributed by atoms with E-state index < -0.39 is 15.9 Å². The Bertz CT molecular complexity index is 1230. The second-order valence-corrected chi connectivity index (χ2v) is 8.04. The fourth-order valence-electron chi connectivity index (χ4n) is 2.40. The minimum Gasteiger partial charge on any atom is -0.266 e. The number of aromatic nitrogens is 3. The van der Waals surface area contributed by atoms with E-state index in [1.807, 2.05) is 10.8 Å². The van der Waals surface area contributed by atoms with Crippen molar-refractivity contribution in [2.75, 3.05) is 0 Å². The van der Waals surface area contributed by atoms with Gasteiger partial charge in [0.1, 0.15) is 4.90 Å². The first-order valence-electron chi connectivity index (χ1n) is 7.68. The molecule has 0 spiro atoms. The molecule has 1 N–H and O–H groups in total. The van der Waals surface area contributed by atoms with Crippen LogP contribution in [0.1, 0.15) is 21.7 Å². The van der Waals surface area contributed by atoms with Crippen LogP contribution in [0.3, 0.4) is 0 Å². The number of hydrogen-bond donors (Lipinski definition) is 1. The summed E-state index contributed by atoms with van der Waals surface area (Å²) in [4.78, 5) is 12.2. The van der Waals surface area contributed by atoms with Gasteiger partial charge in [0.15, 0.2) is 5.69 Å². The van der Waals surface area contributed by atoms with E-state index in [9.17, 15) is 13.2 Å². The Balaban J connectivity index is 1.93. The number of sulfonamides is 1. The van der Waals surface area contributed by atoms with Gasteiger partial charge in [-0.15, -0.1) is 5.10 Å². The van der Waals surface area contributed by atoms with E-state index in [0.29, 0.717) is 11.3 Å². The second kappa shape index (κ2) is 7.59. The van der Waals surface area contributed by atoms with Crippen LogP contribution in [0.25, 0.3) is 5.69 Å². The molecule has 0 radical (unpaired) electrons. The van der Waals surface area contributed by atoms with Gasteiger partial charge in [0.05, 0.1) is 33.1 Å². The van der Waals surface area contributed by atoms with Gasteiger partial charge < -0.3 is 0 Å². The van der Waals surface area contributed by atoms with Gasteiger partial charge in [0, 0.05) is 0 Å². The van der Waals surface area contributed by atoms with Crippen LogP contribution in [0.4, 0.5) is 0 Å². The van der Waals surface area contributed by atoms with Gasteiger partial charge in [0.2, 0.25) is 0 Å². The molecule has 3 rings (SSSR count). The zero-order valence-electron chi connectivity index (χ0n) is 14.2. The smallest absolute Gasteiger partial charge is 0.266 e. The Hall–Kier alpha value is -2.93. The molecule has 0 aliphatic carbocycles. The number of nitriles is 1. The van der Waals surface area contributed by atoms with Crippen molar-refractivity contribution in [3.05, 3.63) is 69.5 Å². The molecule has 2 aromatic carbocycles. The molecule has 0 atom stereocenters. The van der Waals surface area contributed by atoms with E-state index in [1.165, 1.54) is 41.9 Å². The number of carbonyl (C=O) groups is 1. The molecule has 0 aliphatic rings. The van der Waals surface area contributed by atoms with Gasteiger partial charge in [-0.25, -0.2) is 17.8 Å². The molecule has 28 heavy (non-hydrogen) atoms. The van der Waals surface area contributed by atoms with Crippen molar-refractivity contribution < 1.29 is 13.2 Å². The number of benzene rings is 2. The Morgan fingerprint density at radius 2 is 1.89 bits per heavy atom. The minimum absolute atomic E-state index is 0.0208. The van der Waals surface area contributed by atoms with E-state index in [2.05, 4.69) is 10.3 Å². The first-order chi connectivity index (χ1) is 13.2. The maximum Gasteiger partial charge on any atom is 0.287 e. The maximum atomic E-state index is 12.5. The maximum absolute atomic E-state index is 12.5. The average molecular weight is 436 g/mol. The van der Waals surface area contributed by atoms with Gasteiger partial charge in [-0.3, -0.25) is 4.79 Å². The summed E-state index contributed by atoms with van der Waals surface area (Å²) in [5.41, 5.74) is 0.809. The Morgan fingerprint density at radius 1 is 1.18 bits per heavy atom. The molecule has 8 nitrogen and oxygen atoms in total. The zero-order chi connectivity index (χ0) is 20.5. The summed E-state index contributed by atoms with van der Waals surface area (Å²) in [7, 11) is -4.20. The van der Waals surface area contributed by atoms with Crippen molar-refractivity contribution in [3.63, 3.8) is 0 Å². The first-order valence-corrected chi connectivity index (χ1v) is 9.92. The lowest BCUT2D eigenvalue weighted by molar-refractivity contribution is 0.0976. The number of amides is 1. The van der Waals surface area contributed by atoms with Crippen molar-refractivity contribution >= 4 is 39.1 Å². The van der Waals surface area contributed by atoms with Crippen LogP contribution in [-0.4, -0.2) is 29.3 Å². The van der Waals surface area contributed by atoms with Crippen LogP contribution >= 0.6 is 23.2 Å². The first kappa shape index (κ1) is 19.8. The Morgan fingerprint density at radius 3 is 2.54 bits per heavy atom. The highest BCUT2D eigenvalue weighted by Gasteiger charge is 2.25. The minimum atomic E-state index is -4.20. The van der Waals surface area contributed by atoms with Crippen LogP contribution in [0.5, 0.6) is 0 Å². The van der Waals surface area contributed by atoms with Crippen LogP contribution in [0, 0.1) is 18.3 Å². The molecule has 1 amide bonds. The van der Waals surface area contributed by atoms with Crippen LogP contribution in [-0.2, 0) is 10.0 Å². The summed E-state index contributed by atoms with van der Waals surface area (Å²) in [6.07, 6.45) is 0. The molecule has 142 valence electrons. The Kier molecular flexibility index (Phi) is 5.38. The van der Waals surface area contributed by atoms with Gasteiger partial charge in [-0.2, -0.15) is 5.26 Å². The van der Waals surface area contributed by atoms with Gasteiger partial charge >= 0.3 is 0 Å². The lowest BCUT2D eigenvalue weighted by atomic mass is 10.2. The number of halogens is 2. The third kappa shape index (κ3) is 3.71. The van der Waals surface area contributed by atoms with E-state index in [1.54, 1.807) is 12.1 Å². The van der Waals surface area contributed by atoms with Gasteiger partial charge in [-0.05, 0) is 37.3 Å². The lowest BCUT2D eigenvalue weighted by Gasteiger charge is -2.08. The molecule has 0 unspecified atom stereocenters. The normalized spacial score (nSPS) is 11.1. The molecule has 0 aliphatic heterocycles. The summed E-state index contributed by atoms with van der Waals surface area (Å²) in [5.74, 6) is -0.964. The zero-order valence-corrected chi connectivity index (χ0v) is 16.5. The molecule has 1 heterocycles. The highest BCUT2D eigenvalue weighted by atomic mass is 35.5. The number of hydrogen-bond acceptors (Lipinski definition) is 6. The number of carbonyl (C=O) groups excluding carboxylic acids is 1. The average Bonchev–Trinajstić information content (AvgIpc) is 3.02. The predicted molar refractivity (Wildman–Crippen MR) is 102 cm³/mol. The topological polar surface area (TPSA) is 118 Å². The number of nitrogens with one attached hydrogen (secondary N) is 1. The molecule has 0 saturated carbocycles. The van der Waals surface area contributed by atoms with Crippen LogP contribution in [0.2, 0.25) is 10.0 Å². The fraction of sp³-hybridized carbons (Fsp3) is 0.0588. The Labute approximate surface area is 170 Å². The summed E-state index contributed by atoms with van der Waals surface area (Å²) in [6, 6.07) is 12.2. The highest BCUT2D eigenvalue weighted by Crippen LogP contribution is 2.24. The van der Waals surface area contributed by atoms with Gasteiger partial charge in [0.25, 0.3) is 15.9 Å². The predicted octanol–water partition coefficient (Wildman–Crippen LogP) is 2.87. The third-order valence-corrected chi connectivity index (χ3v) is 5.90. The monoisotopic (exact) mass is 435 g/mol.